The number of para-hydroxylation sites is 1. The summed E-state index contributed by atoms with van der Waals surface area (Å²) in [6.07, 6.45) is 0. The number of likely N-dealkylation sites (N-methyl/N-ethyl adjacent to an activating group) is 1. The van der Waals surface area contributed by atoms with E-state index in [1.807, 2.05) is 0 Å². The fourth-order valence-corrected chi connectivity index (χ4v) is 2.84. The molecule has 0 bridgehead atoms. The van der Waals surface area contributed by atoms with Gasteiger partial charge < -0.3 is 19.9 Å². The molecular weight excluding hydrogens is 250 g/mol. The molecule has 1 saturated heterocycles. The normalized spacial score (nSPS) is 20.4. The highest BCUT2D eigenvalue weighted by molar-refractivity contribution is 5.54. The lowest BCUT2D eigenvalue weighted by atomic mass is 10.1. The first-order valence-electron chi connectivity index (χ1n) is 7.45. The molecule has 2 rings (SSSR count). The minimum Gasteiger partial charge on any atom is -0.383 e. The summed E-state index contributed by atoms with van der Waals surface area (Å²) in [5.41, 5.74) is 2.75. The number of nitrogens with zero attached hydrogens (tertiary/aromatic N) is 2. The smallest absolute Gasteiger partial charge is 0.0587 e. The van der Waals surface area contributed by atoms with Crippen molar-refractivity contribution in [1.82, 2.24) is 10.2 Å². The number of nitrogens with one attached hydrogen (secondary N) is 1. The summed E-state index contributed by atoms with van der Waals surface area (Å²) >= 11 is 0. The van der Waals surface area contributed by atoms with Gasteiger partial charge in [-0.15, -0.1) is 0 Å². The van der Waals surface area contributed by atoms with Crippen molar-refractivity contribution >= 4 is 5.69 Å². The molecule has 0 aliphatic carbocycles. The molecule has 0 amide bonds. The quantitative estimate of drug-likeness (QED) is 0.799. The minimum atomic E-state index is 0.564. The van der Waals surface area contributed by atoms with Crippen molar-refractivity contribution in [3.8, 4) is 0 Å². The van der Waals surface area contributed by atoms with Gasteiger partial charge in [0.1, 0.15) is 0 Å². The lowest BCUT2D eigenvalue weighted by Gasteiger charge is -2.40. The van der Waals surface area contributed by atoms with E-state index in [1.54, 1.807) is 7.11 Å². The van der Waals surface area contributed by atoms with Crippen LogP contribution in [0.5, 0.6) is 0 Å². The van der Waals surface area contributed by atoms with E-state index < -0.39 is 0 Å². The molecule has 1 unspecified atom stereocenters. The summed E-state index contributed by atoms with van der Waals surface area (Å²) in [6.45, 7) is 8.23. The fourth-order valence-electron chi connectivity index (χ4n) is 2.84. The van der Waals surface area contributed by atoms with Gasteiger partial charge in [-0.2, -0.15) is 0 Å². The standard InChI is InChI=1S/C16H27N3O/c1-14-13-18(2)9-10-19(14)16-7-5-4-6-15(16)12-17-8-11-20-3/h4-7,14,17H,8-13H2,1-3H3. The Morgan fingerprint density at radius 2 is 2.10 bits per heavy atom. The number of hydrogen-bond acceptors (Lipinski definition) is 4. The Morgan fingerprint density at radius 1 is 1.30 bits per heavy atom. The van der Waals surface area contributed by atoms with Gasteiger partial charge in [-0.3, -0.25) is 0 Å². The van der Waals surface area contributed by atoms with E-state index in [0.717, 1.165) is 39.3 Å². The molecule has 20 heavy (non-hydrogen) atoms. The molecule has 1 fully saturated rings. The number of anilines is 1. The maximum Gasteiger partial charge on any atom is 0.0587 e. The van der Waals surface area contributed by atoms with Crippen molar-refractivity contribution in [1.29, 1.82) is 0 Å². The first-order chi connectivity index (χ1) is 9.72. The molecule has 1 aromatic rings. The monoisotopic (exact) mass is 277 g/mol. The third-order valence-electron chi connectivity index (χ3n) is 3.93. The van der Waals surface area contributed by atoms with Gasteiger partial charge in [-0.05, 0) is 25.6 Å². The molecule has 4 nitrogen and oxygen atoms in total. The first-order valence-corrected chi connectivity index (χ1v) is 7.45. The van der Waals surface area contributed by atoms with Crippen molar-refractivity contribution < 1.29 is 4.74 Å². The second kappa shape index (κ2) is 7.62. The molecule has 1 heterocycles. The lowest BCUT2D eigenvalue weighted by Crippen LogP contribution is -2.50. The zero-order valence-electron chi connectivity index (χ0n) is 12.9. The highest BCUT2D eigenvalue weighted by Crippen LogP contribution is 2.24. The number of methoxy groups -OCH3 is 1. The van der Waals surface area contributed by atoms with Gasteiger partial charge in [0.2, 0.25) is 0 Å². The van der Waals surface area contributed by atoms with Crippen molar-refractivity contribution in [2.75, 3.05) is 51.8 Å². The summed E-state index contributed by atoms with van der Waals surface area (Å²) in [5.74, 6) is 0. The predicted molar refractivity (Wildman–Crippen MR) is 84.3 cm³/mol. The molecule has 1 aromatic carbocycles. The molecule has 0 spiro atoms. The molecule has 0 radical (unpaired) electrons. The van der Waals surface area contributed by atoms with Crippen LogP contribution in [0.15, 0.2) is 24.3 Å². The second-order valence-electron chi connectivity index (χ2n) is 5.60. The number of piperazine rings is 1. The number of hydrogen-bond donors (Lipinski definition) is 1. The van der Waals surface area contributed by atoms with Gasteiger partial charge in [0.05, 0.1) is 6.61 Å². The van der Waals surface area contributed by atoms with Crippen LogP contribution in [0.4, 0.5) is 5.69 Å². The molecule has 0 aromatic heterocycles. The highest BCUT2D eigenvalue weighted by atomic mass is 16.5. The van der Waals surface area contributed by atoms with Crippen LogP contribution in [-0.2, 0) is 11.3 Å². The molecule has 4 heteroatoms. The lowest BCUT2D eigenvalue weighted by molar-refractivity contribution is 0.199. The van der Waals surface area contributed by atoms with Gasteiger partial charge in [-0.1, -0.05) is 18.2 Å². The summed E-state index contributed by atoms with van der Waals surface area (Å²) < 4.78 is 5.08. The molecule has 112 valence electrons. The maximum absolute atomic E-state index is 5.08. The van der Waals surface area contributed by atoms with E-state index in [9.17, 15) is 0 Å². The van der Waals surface area contributed by atoms with E-state index >= 15 is 0 Å². The van der Waals surface area contributed by atoms with Crippen molar-refractivity contribution in [2.45, 2.75) is 19.5 Å². The Balaban J connectivity index is 2.03. The van der Waals surface area contributed by atoms with Gasteiger partial charge in [0, 0.05) is 51.6 Å². The third-order valence-corrected chi connectivity index (χ3v) is 3.93. The van der Waals surface area contributed by atoms with E-state index in [4.69, 9.17) is 4.74 Å². The molecule has 0 saturated carbocycles. The minimum absolute atomic E-state index is 0.564. The molecule has 1 N–H and O–H groups in total. The zero-order chi connectivity index (χ0) is 14.4. The predicted octanol–water partition coefficient (Wildman–Crippen LogP) is 1.56. The molecule has 1 aliphatic heterocycles. The Kier molecular flexibility index (Phi) is 5.83. The van der Waals surface area contributed by atoms with Crippen LogP contribution in [0, 0.1) is 0 Å². The summed E-state index contributed by atoms with van der Waals surface area (Å²) in [7, 11) is 3.94. The SMILES string of the molecule is COCCNCc1ccccc1N1CCN(C)CC1C. The van der Waals surface area contributed by atoms with E-state index in [0.29, 0.717) is 6.04 Å². The second-order valence-corrected chi connectivity index (χ2v) is 5.60. The fraction of sp³-hybridized carbons (Fsp3) is 0.625. The van der Waals surface area contributed by atoms with Crippen molar-refractivity contribution in [2.24, 2.45) is 0 Å². The largest absolute Gasteiger partial charge is 0.383 e. The average molecular weight is 277 g/mol. The molecular formula is C16H27N3O. The van der Waals surface area contributed by atoms with E-state index in [-0.39, 0.29) is 0 Å². The van der Waals surface area contributed by atoms with Crippen LogP contribution in [0.3, 0.4) is 0 Å². The van der Waals surface area contributed by atoms with Crippen LogP contribution in [-0.4, -0.2) is 57.9 Å². The Labute approximate surface area is 122 Å². The molecule has 1 aliphatic rings. The van der Waals surface area contributed by atoms with Crippen LogP contribution in [0.2, 0.25) is 0 Å². The Morgan fingerprint density at radius 3 is 2.85 bits per heavy atom. The van der Waals surface area contributed by atoms with Crippen molar-refractivity contribution in [3.05, 3.63) is 29.8 Å². The number of rotatable bonds is 6. The Hall–Kier alpha value is -1.10. The van der Waals surface area contributed by atoms with Crippen LogP contribution >= 0.6 is 0 Å². The highest BCUT2D eigenvalue weighted by Gasteiger charge is 2.22. The van der Waals surface area contributed by atoms with E-state index in [1.165, 1.54) is 11.3 Å². The summed E-state index contributed by atoms with van der Waals surface area (Å²) in [5, 5.41) is 3.44. The summed E-state index contributed by atoms with van der Waals surface area (Å²) in [6, 6.07) is 9.29. The first kappa shape index (κ1) is 15.3. The molecule has 1 atom stereocenters. The third kappa shape index (κ3) is 3.95. The van der Waals surface area contributed by atoms with Crippen molar-refractivity contribution in [3.63, 3.8) is 0 Å². The maximum atomic E-state index is 5.08. The zero-order valence-corrected chi connectivity index (χ0v) is 12.9. The number of benzene rings is 1. The topological polar surface area (TPSA) is 27.7 Å². The summed E-state index contributed by atoms with van der Waals surface area (Å²) in [4.78, 5) is 4.94. The van der Waals surface area contributed by atoms with E-state index in [2.05, 4.69) is 53.4 Å². The van der Waals surface area contributed by atoms with Crippen LogP contribution in [0.1, 0.15) is 12.5 Å². The Bertz CT molecular complexity index is 410. The van der Waals surface area contributed by atoms with Crippen LogP contribution < -0.4 is 10.2 Å². The van der Waals surface area contributed by atoms with Gasteiger partial charge >= 0.3 is 0 Å². The van der Waals surface area contributed by atoms with Gasteiger partial charge in [-0.25, -0.2) is 0 Å². The van der Waals surface area contributed by atoms with Gasteiger partial charge in [0.25, 0.3) is 0 Å². The van der Waals surface area contributed by atoms with Crippen LogP contribution in [0.25, 0.3) is 0 Å². The number of ether oxygens (including phenoxy) is 1. The van der Waals surface area contributed by atoms with Gasteiger partial charge in [0.15, 0.2) is 0 Å². The average Bonchev–Trinajstić information content (AvgIpc) is 2.44.